The van der Waals surface area contributed by atoms with Gasteiger partial charge in [-0.25, -0.2) is 4.39 Å². The van der Waals surface area contributed by atoms with Gasteiger partial charge in [0.25, 0.3) is 0 Å². The second kappa shape index (κ2) is 5.32. The molecule has 0 unspecified atom stereocenters. The fourth-order valence-electron chi connectivity index (χ4n) is 1.76. The Balaban J connectivity index is 2.39. The van der Waals surface area contributed by atoms with E-state index in [1.807, 2.05) is 0 Å². The van der Waals surface area contributed by atoms with Crippen molar-refractivity contribution >= 4 is 17.1 Å². The van der Waals surface area contributed by atoms with Gasteiger partial charge >= 0.3 is 6.18 Å². The molecule has 0 saturated carbocycles. The Hall–Kier alpha value is -2.75. The highest BCUT2D eigenvalue weighted by molar-refractivity contribution is 5.69. The molecule has 0 fully saturated rings. The Labute approximate surface area is 117 Å². The summed E-state index contributed by atoms with van der Waals surface area (Å²) in [5.41, 5.74) is 4.87. The van der Waals surface area contributed by atoms with E-state index >= 15 is 0 Å². The van der Waals surface area contributed by atoms with E-state index in [0.29, 0.717) is 0 Å². The minimum Gasteiger partial charge on any atom is -0.399 e. The maximum atomic E-state index is 13.2. The fourth-order valence-corrected chi connectivity index (χ4v) is 1.76. The van der Waals surface area contributed by atoms with Crippen molar-refractivity contribution in [3.8, 4) is 6.07 Å². The molecule has 0 aliphatic rings. The van der Waals surface area contributed by atoms with Gasteiger partial charge < -0.3 is 11.1 Å². The molecule has 0 spiro atoms. The van der Waals surface area contributed by atoms with Crippen molar-refractivity contribution in [2.75, 3.05) is 11.1 Å². The summed E-state index contributed by atoms with van der Waals surface area (Å²) in [4.78, 5) is 0. The molecule has 108 valence electrons. The fraction of sp³-hybridized carbons (Fsp3) is 0.0714. The third kappa shape index (κ3) is 3.42. The van der Waals surface area contributed by atoms with Crippen LogP contribution in [0.25, 0.3) is 0 Å². The quantitative estimate of drug-likeness (QED) is 0.649. The molecule has 3 nitrogen and oxygen atoms in total. The summed E-state index contributed by atoms with van der Waals surface area (Å²) >= 11 is 0. The molecule has 0 bridgehead atoms. The molecule has 2 aromatic carbocycles. The van der Waals surface area contributed by atoms with Gasteiger partial charge in [0, 0.05) is 11.4 Å². The number of hydrogen-bond acceptors (Lipinski definition) is 3. The van der Waals surface area contributed by atoms with Gasteiger partial charge in [0.2, 0.25) is 0 Å². The van der Waals surface area contributed by atoms with Crippen LogP contribution in [0.15, 0.2) is 36.4 Å². The van der Waals surface area contributed by atoms with Gasteiger partial charge in [-0.05, 0) is 36.4 Å². The number of nitrogens with two attached hydrogens (primary N) is 1. The Morgan fingerprint density at radius 1 is 1.10 bits per heavy atom. The van der Waals surface area contributed by atoms with Crippen LogP contribution in [0.2, 0.25) is 0 Å². The zero-order valence-electron chi connectivity index (χ0n) is 10.5. The first-order chi connectivity index (χ1) is 9.79. The molecule has 0 saturated heterocycles. The average molecular weight is 295 g/mol. The lowest BCUT2D eigenvalue weighted by molar-refractivity contribution is -0.137. The number of anilines is 3. The van der Waals surface area contributed by atoms with Crippen LogP contribution in [0.3, 0.4) is 0 Å². The van der Waals surface area contributed by atoms with Crippen molar-refractivity contribution in [2.45, 2.75) is 6.18 Å². The molecule has 0 amide bonds. The molecule has 2 aromatic rings. The van der Waals surface area contributed by atoms with Gasteiger partial charge in [-0.1, -0.05) is 0 Å². The van der Waals surface area contributed by atoms with Gasteiger partial charge in [-0.3, -0.25) is 0 Å². The predicted octanol–water partition coefficient (Wildman–Crippen LogP) is 4.04. The standard InChI is InChI=1S/C14H9F4N3/c15-10-4-11(20)6-12(5-10)21-13-2-1-9(14(16,17)18)3-8(13)7-19/h1-6,21H,20H2. The van der Waals surface area contributed by atoms with Crippen LogP contribution in [-0.2, 0) is 6.18 Å². The molecular formula is C14H9F4N3. The van der Waals surface area contributed by atoms with Crippen LogP contribution < -0.4 is 11.1 Å². The molecule has 0 aromatic heterocycles. The SMILES string of the molecule is N#Cc1cc(C(F)(F)F)ccc1Nc1cc(N)cc(F)c1. The second-order valence-corrected chi connectivity index (χ2v) is 4.27. The average Bonchev–Trinajstić information content (AvgIpc) is 2.36. The van der Waals surface area contributed by atoms with E-state index in [0.717, 1.165) is 30.3 Å². The lowest BCUT2D eigenvalue weighted by atomic mass is 10.1. The van der Waals surface area contributed by atoms with Crippen LogP contribution in [0, 0.1) is 17.1 Å². The number of rotatable bonds is 2. The number of benzene rings is 2. The van der Waals surface area contributed by atoms with Crippen molar-refractivity contribution in [3.05, 3.63) is 53.3 Å². The van der Waals surface area contributed by atoms with Crippen molar-refractivity contribution in [2.24, 2.45) is 0 Å². The minimum absolute atomic E-state index is 0.135. The van der Waals surface area contributed by atoms with E-state index in [-0.39, 0.29) is 22.6 Å². The smallest absolute Gasteiger partial charge is 0.399 e. The number of halogens is 4. The number of hydrogen-bond donors (Lipinski definition) is 2. The minimum atomic E-state index is -4.53. The first kappa shape index (κ1) is 14.7. The molecule has 0 atom stereocenters. The summed E-state index contributed by atoms with van der Waals surface area (Å²) in [6, 6.07) is 7.98. The Morgan fingerprint density at radius 3 is 2.38 bits per heavy atom. The lowest BCUT2D eigenvalue weighted by Crippen LogP contribution is -2.06. The summed E-state index contributed by atoms with van der Waals surface area (Å²) in [6.45, 7) is 0. The molecule has 0 aliphatic heterocycles. The summed E-state index contributed by atoms with van der Waals surface area (Å²) in [7, 11) is 0. The van der Waals surface area contributed by atoms with Gasteiger partial charge in [-0.15, -0.1) is 0 Å². The molecule has 3 N–H and O–H groups in total. The third-order valence-electron chi connectivity index (χ3n) is 2.67. The zero-order valence-corrected chi connectivity index (χ0v) is 10.5. The van der Waals surface area contributed by atoms with E-state index in [4.69, 9.17) is 11.0 Å². The van der Waals surface area contributed by atoms with Crippen LogP contribution in [-0.4, -0.2) is 0 Å². The maximum Gasteiger partial charge on any atom is 0.416 e. The topological polar surface area (TPSA) is 61.8 Å². The molecular weight excluding hydrogens is 286 g/mol. The van der Waals surface area contributed by atoms with Gasteiger partial charge in [0.05, 0.1) is 16.8 Å². The Bertz CT molecular complexity index is 697. The first-order valence-electron chi connectivity index (χ1n) is 5.74. The van der Waals surface area contributed by atoms with E-state index in [1.165, 1.54) is 6.07 Å². The number of nitrogens with zero attached hydrogens (tertiary/aromatic N) is 1. The molecule has 0 heterocycles. The molecule has 21 heavy (non-hydrogen) atoms. The highest BCUT2D eigenvalue weighted by atomic mass is 19.4. The largest absolute Gasteiger partial charge is 0.416 e. The van der Waals surface area contributed by atoms with E-state index in [2.05, 4.69) is 5.32 Å². The van der Waals surface area contributed by atoms with E-state index in [1.54, 1.807) is 6.07 Å². The second-order valence-electron chi connectivity index (χ2n) is 4.27. The maximum absolute atomic E-state index is 13.2. The van der Waals surface area contributed by atoms with Gasteiger partial charge in [-0.2, -0.15) is 18.4 Å². The molecule has 2 rings (SSSR count). The van der Waals surface area contributed by atoms with Gasteiger partial charge in [0.15, 0.2) is 0 Å². The van der Waals surface area contributed by atoms with E-state index < -0.39 is 17.6 Å². The number of nitrogen functional groups attached to an aromatic ring is 1. The summed E-state index contributed by atoms with van der Waals surface area (Å²) < 4.78 is 50.9. The van der Waals surface area contributed by atoms with Crippen molar-refractivity contribution < 1.29 is 17.6 Å². The molecule has 0 aliphatic carbocycles. The van der Waals surface area contributed by atoms with Crippen LogP contribution in [0.1, 0.15) is 11.1 Å². The summed E-state index contributed by atoms with van der Waals surface area (Å²) in [5.74, 6) is -0.595. The van der Waals surface area contributed by atoms with Crippen LogP contribution in [0.5, 0.6) is 0 Å². The van der Waals surface area contributed by atoms with Crippen LogP contribution >= 0.6 is 0 Å². The van der Waals surface area contributed by atoms with Crippen molar-refractivity contribution in [1.29, 1.82) is 5.26 Å². The zero-order chi connectivity index (χ0) is 15.6. The Morgan fingerprint density at radius 2 is 1.81 bits per heavy atom. The third-order valence-corrected chi connectivity index (χ3v) is 2.67. The summed E-state index contributed by atoms with van der Waals surface area (Å²) in [5, 5.41) is 11.6. The normalized spacial score (nSPS) is 11.0. The van der Waals surface area contributed by atoms with Gasteiger partial charge in [0.1, 0.15) is 11.9 Å². The first-order valence-corrected chi connectivity index (χ1v) is 5.74. The number of nitriles is 1. The lowest BCUT2D eigenvalue weighted by Gasteiger charge is -2.12. The highest BCUT2D eigenvalue weighted by Crippen LogP contribution is 2.32. The summed E-state index contributed by atoms with van der Waals surface area (Å²) in [6.07, 6.45) is -4.53. The highest BCUT2D eigenvalue weighted by Gasteiger charge is 2.31. The number of alkyl halides is 3. The Kier molecular flexibility index (Phi) is 3.72. The van der Waals surface area contributed by atoms with E-state index in [9.17, 15) is 17.6 Å². The van der Waals surface area contributed by atoms with Crippen molar-refractivity contribution in [1.82, 2.24) is 0 Å². The monoisotopic (exact) mass is 295 g/mol. The predicted molar refractivity (Wildman–Crippen MR) is 70.3 cm³/mol. The number of nitrogens with one attached hydrogen (secondary N) is 1. The molecule has 7 heteroatoms. The van der Waals surface area contributed by atoms with Crippen molar-refractivity contribution in [3.63, 3.8) is 0 Å². The molecule has 0 radical (unpaired) electrons. The van der Waals surface area contributed by atoms with Crippen LogP contribution in [0.4, 0.5) is 34.6 Å².